The van der Waals surface area contributed by atoms with E-state index in [0.717, 1.165) is 28.3 Å². The molecule has 2 aromatic heterocycles. The number of hydrogen-bond donors (Lipinski definition) is 3. The van der Waals surface area contributed by atoms with Crippen LogP contribution in [-0.4, -0.2) is 27.1 Å². The number of rotatable bonds is 6. The SMILES string of the molecule is CC(C)Oc1cccc(Nc2nc(NC3CCC3)c3cc[nH]c3n2)c1. The second-order valence-electron chi connectivity index (χ2n) is 6.73. The van der Waals surface area contributed by atoms with Crippen molar-refractivity contribution in [3.63, 3.8) is 0 Å². The van der Waals surface area contributed by atoms with Crippen molar-refractivity contribution in [1.82, 2.24) is 15.0 Å². The first-order valence-corrected chi connectivity index (χ1v) is 8.83. The van der Waals surface area contributed by atoms with E-state index in [1.165, 1.54) is 19.3 Å². The van der Waals surface area contributed by atoms with Gasteiger partial charge in [0, 0.05) is 24.0 Å². The summed E-state index contributed by atoms with van der Waals surface area (Å²) in [6, 6.07) is 10.4. The number of fused-ring (bicyclic) bond motifs is 1. The molecular weight excluding hydrogens is 314 g/mol. The van der Waals surface area contributed by atoms with E-state index in [1.807, 2.05) is 50.4 Å². The summed E-state index contributed by atoms with van der Waals surface area (Å²) in [6.07, 6.45) is 5.72. The lowest BCUT2D eigenvalue weighted by Crippen LogP contribution is -2.27. The van der Waals surface area contributed by atoms with Crippen LogP contribution in [0.15, 0.2) is 36.5 Å². The van der Waals surface area contributed by atoms with Gasteiger partial charge in [-0.25, -0.2) is 0 Å². The standard InChI is InChI=1S/C19H23N5O/c1-12(2)25-15-8-4-7-14(11-15)22-19-23-17-16(9-10-20-17)18(24-19)21-13-5-3-6-13/h4,7-13H,3,5-6H2,1-2H3,(H3,20,21,22,23,24). The highest BCUT2D eigenvalue weighted by atomic mass is 16.5. The Balaban J connectivity index is 1.60. The highest BCUT2D eigenvalue weighted by Crippen LogP contribution is 2.28. The molecule has 4 rings (SSSR count). The van der Waals surface area contributed by atoms with Gasteiger partial charge in [-0.05, 0) is 51.3 Å². The zero-order chi connectivity index (χ0) is 17.2. The quantitative estimate of drug-likeness (QED) is 0.619. The van der Waals surface area contributed by atoms with E-state index in [0.29, 0.717) is 12.0 Å². The van der Waals surface area contributed by atoms with Gasteiger partial charge in [0.1, 0.15) is 17.2 Å². The Morgan fingerprint density at radius 3 is 2.84 bits per heavy atom. The maximum atomic E-state index is 5.75. The molecule has 1 saturated carbocycles. The van der Waals surface area contributed by atoms with Crippen LogP contribution in [0.1, 0.15) is 33.1 Å². The molecule has 1 aliphatic carbocycles. The van der Waals surface area contributed by atoms with Gasteiger partial charge in [0.25, 0.3) is 0 Å². The lowest BCUT2D eigenvalue weighted by atomic mass is 9.93. The van der Waals surface area contributed by atoms with E-state index in [2.05, 4.69) is 25.6 Å². The number of nitrogens with one attached hydrogen (secondary N) is 3. The minimum Gasteiger partial charge on any atom is -0.491 e. The molecule has 0 atom stereocenters. The summed E-state index contributed by atoms with van der Waals surface area (Å²) in [5.41, 5.74) is 1.73. The van der Waals surface area contributed by atoms with Crippen molar-refractivity contribution in [3.05, 3.63) is 36.5 Å². The van der Waals surface area contributed by atoms with Gasteiger partial charge in [0.2, 0.25) is 5.95 Å². The third-order valence-electron chi connectivity index (χ3n) is 4.32. The van der Waals surface area contributed by atoms with Crippen molar-refractivity contribution >= 4 is 28.5 Å². The van der Waals surface area contributed by atoms with Crippen LogP contribution in [0.3, 0.4) is 0 Å². The van der Waals surface area contributed by atoms with Crippen molar-refractivity contribution in [3.8, 4) is 5.75 Å². The Kier molecular flexibility index (Phi) is 4.17. The second kappa shape index (κ2) is 6.63. The normalized spacial score (nSPS) is 14.5. The fourth-order valence-electron chi connectivity index (χ4n) is 2.90. The van der Waals surface area contributed by atoms with Crippen molar-refractivity contribution < 1.29 is 4.74 Å². The van der Waals surface area contributed by atoms with E-state index in [4.69, 9.17) is 4.74 Å². The average molecular weight is 337 g/mol. The zero-order valence-corrected chi connectivity index (χ0v) is 14.5. The van der Waals surface area contributed by atoms with Crippen LogP contribution >= 0.6 is 0 Å². The smallest absolute Gasteiger partial charge is 0.231 e. The van der Waals surface area contributed by atoms with Gasteiger partial charge in [-0.2, -0.15) is 9.97 Å². The van der Waals surface area contributed by atoms with E-state index < -0.39 is 0 Å². The van der Waals surface area contributed by atoms with Crippen LogP contribution in [0.2, 0.25) is 0 Å². The van der Waals surface area contributed by atoms with E-state index >= 15 is 0 Å². The Morgan fingerprint density at radius 2 is 2.08 bits per heavy atom. The van der Waals surface area contributed by atoms with Crippen molar-refractivity contribution in [2.45, 2.75) is 45.3 Å². The van der Waals surface area contributed by atoms with Gasteiger partial charge in [0.15, 0.2) is 0 Å². The van der Waals surface area contributed by atoms with Crippen molar-refractivity contribution in [2.24, 2.45) is 0 Å². The molecule has 0 radical (unpaired) electrons. The average Bonchev–Trinajstić information content (AvgIpc) is 2.99. The summed E-state index contributed by atoms with van der Waals surface area (Å²) in [5, 5.41) is 7.84. The molecule has 1 fully saturated rings. The predicted molar refractivity (Wildman–Crippen MR) is 101 cm³/mol. The first-order valence-electron chi connectivity index (χ1n) is 8.83. The minimum absolute atomic E-state index is 0.139. The summed E-state index contributed by atoms with van der Waals surface area (Å²) in [5.74, 6) is 2.28. The zero-order valence-electron chi connectivity index (χ0n) is 14.5. The van der Waals surface area contributed by atoms with Crippen LogP contribution in [0.4, 0.5) is 17.5 Å². The molecule has 3 N–H and O–H groups in total. The number of aromatic amines is 1. The lowest BCUT2D eigenvalue weighted by Gasteiger charge is -2.27. The topological polar surface area (TPSA) is 74.9 Å². The minimum atomic E-state index is 0.139. The van der Waals surface area contributed by atoms with Gasteiger partial charge in [-0.3, -0.25) is 0 Å². The Bertz CT molecular complexity index is 869. The van der Waals surface area contributed by atoms with Gasteiger partial charge in [-0.1, -0.05) is 6.07 Å². The molecule has 1 aromatic carbocycles. The number of anilines is 3. The van der Waals surface area contributed by atoms with Crippen LogP contribution in [0.5, 0.6) is 5.75 Å². The molecule has 130 valence electrons. The van der Waals surface area contributed by atoms with Crippen LogP contribution < -0.4 is 15.4 Å². The molecule has 0 saturated heterocycles. The molecule has 0 spiro atoms. The number of H-pyrrole nitrogens is 1. The first-order chi connectivity index (χ1) is 12.2. The molecule has 1 aliphatic rings. The second-order valence-corrected chi connectivity index (χ2v) is 6.73. The maximum Gasteiger partial charge on any atom is 0.231 e. The highest BCUT2D eigenvalue weighted by molar-refractivity contribution is 5.88. The summed E-state index contributed by atoms with van der Waals surface area (Å²) in [6.45, 7) is 4.03. The summed E-state index contributed by atoms with van der Waals surface area (Å²) >= 11 is 0. The monoisotopic (exact) mass is 337 g/mol. The Labute approximate surface area is 147 Å². The third-order valence-corrected chi connectivity index (χ3v) is 4.32. The molecule has 6 nitrogen and oxygen atoms in total. The van der Waals surface area contributed by atoms with Crippen LogP contribution in [0, 0.1) is 0 Å². The predicted octanol–water partition coefficient (Wildman–Crippen LogP) is 4.45. The fourth-order valence-corrected chi connectivity index (χ4v) is 2.90. The number of benzene rings is 1. The van der Waals surface area contributed by atoms with Gasteiger partial charge >= 0.3 is 0 Å². The molecule has 0 bridgehead atoms. The molecule has 2 heterocycles. The first kappa shape index (κ1) is 15.7. The summed E-state index contributed by atoms with van der Waals surface area (Å²) in [7, 11) is 0. The molecule has 0 aliphatic heterocycles. The summed E-state index contributed by atoms with van der Waals surface area (Å²) < 4.78 is 5.75. The van der Waals surface area contributed by atoms with Gasteiger partial charge in [0.05, 0.1) is 11.5 Å². The third kappa shape index (κ3) is 3.52. The molecule has 0 amide bonds. The van der Waals surface area contributed by atoms with E-state index in [9.17, 15) is 0 Å². The van der Waals surface area contributed by atoms with E-state index in [1.54, 1.807) is 0 Å². The maximum absolute atomic E-state index is 5.75. The Hall–Kier alpha value is -2.76. The lowest BCUT2D eigenvalue weighted by molar-refractivity contribution is 0.242. The molecule has 6 heteroatoms. The molecule has 3 aromatic rings. The van der Waals surface area contributed by atoms with Crippen molar-refractivity contribution in [1.29, 1.82) is 0 Å². The molecular formula is C19H23N5O. The van der Waals surface area contributed by atoms with Crippen molar-refractivity contribution in [2.75, 3.05) is 10.6 Å². The Morgan fingerprint density at radius 1 is 1.20 bits per heavy atom. The molecule has 25 heavy (non-hydrogen) atoms. The number of ether oxygens (including phenoxy) is 1. The van der Waals surface area contributed by atoms with Gasteiger partial charge in [-0.15, -0.1) is 0 Å². The number of nitrogens with zero attached hydrogens (tertiary/aromatic N) is 2. The fraction of sp³-hybridized carbons (Fsp3) is 0.368. The van der Waals surface area contributed by atoms with Crippen LogP contribution in [0.25, 0.3) is 11.0 Å². The van der Waals surface area contributed by atoms with Crippen LogP contribution in [-0.2, 0) is 0 Å². The largest absolute Gasteiger partial charge is 0.491 e. The number of aromatic nitrogens is 3. The van der Waals surface area contributed by atoms with Gasteiger partial charge < -0.3 is 20.4 Å². The molecule has 0 unspecified atom stereocenters. The van der Waals surface area contributed by atoms with E-state index in [-0.39, 0.29) is 6.10 Å². The number of hydrogen-bond acceptors (Lipinski definition) is 5. The highest BCUT2D eigenvalue weighted by Gasteiger charge is 2.19. The summed E-state index contributed by atoms with van der Waals surface area (Å²) in [4.78, 5) is 12.4.